The van der Waals surface area contributed by atoms with Crippen LogP contribution in [-0.2, 0) is 6.54 Å². The summed E-state index contributed by atoms with van der Waals surface area (Å²) in [6.45, 7) is 1.67. The fraction of sp³-hybridized carbons (Fsp3) is 0.231. The highest BCUT2D eigenvalue weighted by molar-refractivity contribution is 7.07. The Bertz CT molecular complexity index is 835. The monoisotopic (exact) mass is 274 g/mol. The molecule has 0 atom stereocenters. The van der Waals surface area contributed by atoms with E-state index in [4.69, 9.17) is 9.47 Å². The first kappa shape index (κ1) is 10.8. The maximum Gasteiger partial charge on any atom is 0.270 e. The molecule has 19 heavy (non-hydrogen) atoms. The van der Waals surface area contributed by atoms with E-state index in [0.717, 1.165) is 21.9 Å². The molecule has 4 rings (SSSR count). The molecule has 0 unspecified atom stereocenters. The highest BCUT2D eigenvalue weighted by Gasteiger charge is 2.13. The third kappa shape index (κ3) is 1.67. The van der Waals surface area contributed by atoms with Gasteiger partial charge in [0.2, 0.25) is 6.79 Å². The minimum absolute atomic E-state index is 0.0407. The maximum atomic E-state index is 12.1. The molecule has 1 aromatic carbocycles. The van der Waals surface area contributed by atoms with E-state index >= 15 is 0 Å². The van der Waals surface area contributed by atoms with Crippen LogP contribution in [0, 0.1) is 0 Å². The van der Waals surface area contributed by atoms with Gasteiger partial charge in [0, 0.05) is 6.54 Å². The Morgan fingerprint density at radius 1 is 1.32 bits per heavy atom. The van der Waals surface area contributed by atoms with Gasteiger partial charge in [-0.15, -0.1) is 0 Å². The Labute approximate surface area is 112 Å². The number of hydrogen-bond donors (Lipinski definition) is 0. The summed E-state index contributed by atoms with van der Waals surface area (Å²) < 4.78 is 13.0. The molecule has 5 nitrogen and oxygen atoms in total. The van der Waals surface area contributed by atoms with Crippen LogP contribution in [0.15, 0.2) is 28.0 Å². The first-order chi connectivity index (χ1) is 9.31. The molecular weight excluding hydrogens is 264 g/mol. The fourth-order valence-corrected chi connectivity index (χ4v) is 3.25. The van der Waals surface area contributed by atoms with Crippen LogP contribution in [0.4, 0.5) is 0 Å². The van der Waals surface area contributed by atoms with Crippen LogP contribution in [0.2, 0.25) is 0 Å². The molecule has 0 amide bonds. The van der Waals surface area contributed by atoms with Crippen LogP contribution < -0.4 is 24.4 Å². The minimum Gasteiger partial charge on any atom is -0.454 e. The average Bonchev–Trinajstić information content (AvgIpc) is 3.09. The van der Waals surface area contributed by atoms with Gasteiger partial charge in [-0.3, -0.25) is 14.4 Å². The summed E-state index contributed by atoms with van der Waals surface area (Å²) in [5.41, 5.74) is 0.973. The number of ether oxygens (including phenoxy) is 2. The Balaban J connectivity index is 1.86. The second-order valence-electron chi connectivity index (χ2n) is 4.34. The smallest absolute Gasteiger partial charge is 0.270 e. The molecule has 6 heteroatoms. The zero-order valence-corrected chi connectivity index (χ0v) is 10.8. The molecule has 0 radical (unpaired) electrons. The molecule has 0 N–H and O–H groups in total. The van der Waals surface area contributed by atoms with E-state index in [1.165, 1.54) is 11.3 Å². The topological polar surface area (TPSA) is 52.8 Å². The number of fused-ring (bicyclic) bond motifs is 2. The van der Waals surface area contributed by atoms with Gasteiger partial charge in [0.15, 0.2) is 16.3 Å². The van der Waals surface area contributed by atoms with Crippen molar-refractivity contribution in [2.24, 2.45) is 4.99 Å². The first-order valence-corrected chi connectivity index (χ1v) is 6.78. The molecule has 0 fully saturated rings. The van der Waals surface area contributed by atoms with Gasteiger partial charge in [0.1, 0.15) is 0 Å². The van der Waals surface area contributed by atoms with Crippen LogP contribution in [-0.4, -0.2) is 17.9 Å². The molecule has 0 saturated heterocycles. The van der Waals surface area contributed by atoms with Crippen molar-refractivity contribution in [1.29, 1.82) is 0 Å². The maximum absolute atomic E-state index is 12.1. The van der Waals surface area contributed by atoms with E-state index in [2.05, 4.69) is 4.99 Å². The predicted octanol–water partition coefficient (Wildman–Crippen LogP) is 0.100. The largest absolute Gasteiger partial charge is 0.454 e. The molecular formula is C13H10N2O3S. The van der Waals surface area contributed by atoms with E-state index in [9.17, 15) is 4.79 Å². The van der Waals surface area contributed by atoms with E-state index in [0.29, 0.717) is 17.6 Å². The summed E-state index contributed by atoms with van der Waals surface area (Å²) in [5, 5.41) is 0. The summed E-state index contributed by atoms with van der Waals surface area (Å²) >= 11 is 1.43. The lowest BCUT2D eigenvalue weighted by molar-refractivity contribution is 0.174. The van der Waals surface area contributed by atoms with E-state index < -0.39 is 0 Å². The Morgan fingerprint density at radius 3 is 3.11 bits per heavy atom. The number of thiazole rings is 1. The second-order valence-corrected chi connectivity index (χ2v) is 5.35. The Hall–Kier alpha value is -2.08. The van der Waals surface area contributed by atoms with Crippen LogP contribution in [0.1, 0.15) is 5.56 Å². The van der Waals surface area contributed by atoms with Crippen LogP contribution >= 0.6 is 11.3 Å². The molecule has 2 aliphatic heterocycles. The Kier molecular flexibility index (Phi) is 2.25. The van der Waals surface area contributed by atoms with Crippen molar-refractivity contribution in [3.05, 3.63) is 43.5 Å². The molecule has 2 aliphatic rings. The normalized spacial score (nSPS) is 16.5. The average molecular weight is 274 g/mol. The quantitative estimate of drug-likeness (QED) is 0.741. The standard InChI is InChI=1S/C13H10N2O3S/c16-12-11(19-13-14-3-4-15(12)13)6-8-1-2-9-10(5-8)18-7-17-9/h1-2,5-6H,3-4,7H2/b11-6+. The van der Waals surface area contributed by atoms with Gasteiger partial charge in [0.25, 0.3) is 5.56 Å². The van der Waals surface area contributed by atoms with Crippen LogP contribution in [0.5, 0.6) is 11.5 Å². The number of rotatable bonds is 1. The van der Waals surface area contributed by atoms with Gasteiger partial charge in [-0.2, -0.15) is 0 Å². The number of benzene rings is 1. The number of nitrogens with zero attached hydrogens (tertiary/aromatic N) is 2. The number of hydrogen-bond acceptors (Lipinski definition) is 5. The lowest BCUT2D eigenvalue weighted by Crippen LogP contribution is -2.29. The van der Waals surface area contributed by atoms with Crippen molar-refractivity contribution in [2.75, 3.05) is 13.3 Å². The van der Waals surface area contributed by atoms with Gasteiger partial charge in [-0.1, -0.05) is 17.4 Å². The highest BCUT2D eigenvalue weighted by atomic mass is 32.1. The lowest BCUT2D eigenvalue weighted by atomic mass is 10.2. The zero-order valence-electron chi connectivity index (χ0n) is 9.96. The van der Waals surface area contributed by atoms with Crippen molar-refractivity contribution in [3.8, 4) is 11.5 Å². The minimum atomic E-state index is 0.0407. The molecule has 0 bridgehead atoms. The van der Waals surface area contributed by atoms with Crippen molar-refractivity contribution >= 4 is 17.4 Å². The summed E-state index contributed by atoms with van der Waals surface area (Å²) in [7, 11) is 0. The summed E-state index contributed by atoms with van der Waals surface area (Å²) in [6.07, 6.45) is 1.87. The summed E-state index contributed by atoms with van der Waals surface area (Å²) in [6, 6.07) is 5.66. The summed E-state index contributed by atoms with van der Waals surface area (Å²) in [5.74, 6) is 1.47. The SMILES string of the molecule is O=c1/c(=C\c2ccc3c(c2)OCO3)sc2n1CCN=2. The van der Waals surface area contributed by atoms with E-state index in [1.54, 1.807) is 4.57 Å². The van der Waals surface area contributed by atoms with Gasteiger partial charge in [-0.05, 0) is 23.8 Å². The molecule has 96 valence electrons. The van der Waals surface area contributed by atoms with Gasteiger partial charge >= 0.3 is 0 Å². The van der Waals surface area contributed by atoms with Crippen molar-refractivity contribution < 1.29 is 9.47 Å². The molecule has 0 spiro atoms. The highest BCUT2D eigenvalue weighted by Crippen LogP contribution is 2.32. The van der Waals surface area contributed by atoms with Crippen LogP contribution in [0.25, 0.3) is 6.08 Å². The van der Waals surface area contributed by atoms with Crippen LogP contribution in [0.3, 0.4) is 0 Å². The second kappa shape index (κ2) is 3.96. The van der Waals surface area contributed by atoms with Crippen molar-refractivity contribution in [3.63, 3.8) is 0 Å². The molecule has 0 saturated carbocycles. The first-order valence-electron chi connectivity index (χ1n) is 5.97. The molecule has 0 aliphatic carbocycles. The van der Waals surface area contributed by atoms with Crippen molar-refractivity contribution in [1.82, 2.24) is 4.57 Å². The van der Waals surface area contributed by atoms with E-state index in [-0.39, 0.29) is 12.4 Å². The Morgan fingerprint density at radius 2 is 2.21 bits per heavy atom. The van der Waals surface area contributed by atoms with Crippen molar-refractivity contribution in [2.45, 2.75) is 6.54 Å². The summed E-state index contributed by atoms with van der Waals surface area (Å²) in [4.78, 5) is 17.2. The van der Waals surface area contributed by atoms with Gasteiger partial charge in [-0.25, -0.2) is 0 Å². The number of aromatic nitrogens is 1. The molecule has 2 aromatic rings. The molecule has 3 heterocycles. The lowest BCUT2D eigenvalue weighted by Gasteiger charge is -1.96. The predicted molar refractivity (Wildman–Crippen MR) is 70.4 cm³/mol. The fourth-order valence-electron chi connectivity index (χ4n) is 2.22. The van der Waals surface area contributed by atoms with Gasteiger partial charge < -0.3 is 9.47 Å². The van der Waals surface area contributed by atoms with E-state index in [1.807, 2.05) is 24.3 Å². The third-order valence-corrected chi connectivity index (χ3v) is 4.20. The zero-order chi connectivity index (χ0) is 12.8. The third-order valence-electron chi connectivity index (χ3n) is 3.15. The van der Waals surface area contributed by atoms with Gasteiger partial charge in [0.05, 0.1) is 11.1 Å². The molecule has 1 aromatic heterocycles.